The molecule has 4 aromatic rings. The molecular formula is C32H34N2O5. The van der Waals surface area contributed by atoms with Gasteiger partial charge in [0.05, 0.1) is 18.8 Å². The van der Waals surface area contributed by atoms with Crippen molar-refractivity contribution in [2.24, 2.45) is 5.92 Å². The average Bonchev–Trinajstić information content (AvgIpc) is 3.57. The first kappa shape index (κ1) is 24.6. The van der Waals surface area contributed by atoms with E-state index in [0.29, 0.717) is 11.5 Å². The summed E-state index contributed by atoms with van der Waals surface area (Å²) in [7, 11) is 1.37. The van der Waals surface area contributed by atoms with Crippen molar-refractivity contribution in [2.75, 3.05) is 26.9 Å². The third kappa shape index (κ3) is 4.38. The van der Waals surface area contributed by atoms with Crippen LogP contribution < -0.4 is 0 Å². The highest BCUT2D eigenvalue weighted by Crippen LogP contribution is 2.44. The first-order chi connectivity index (χ1) is 19.2. The van der Waals surface area contributed by atoms with Crippen molar-refractivity contribution in [3.8, 4) is 0 Å². The maximum atomic E-state index is 12.1. The van der Waals surface area contributed by atoms with E-state index in [0.717, 1.165) is 81.2 Å². The van der Waals surface area contributed by atoms with Gasteiger partial charge in [-0.05, 0) is 97.7 Å². The van der Waals surface area contributed by atoms with Crippen molar-refractivity contribution in [1.82, 2.24) is 9.78 Å². The Morgan fingerprint density at radius 3 is 2.72 bits per heavy atom. The Kier molecular flexibility index (Phi) is 6.49. The van der Waals surface area contributed by atoms with E-state index >= 15 is 0 Å². The molecule has 0 amide bonds. The Hall–Kier alpha value is -3.42. The standard InChI is InChI=1S/C32H34N2O5/c1-36-32(35)29-17-21-8-9-22(18-28(21)39-29)31-23(20-12-15-37-16-13-20)5-4-6-24-25(31)10-11-27-26(24)19-33-34(27)30-7-2-3-14-38-30/h8-11,17-20,30H,2-7,12-16H2,1H3. The summed E-state index contributed by atoms with van der Waals surface area (Å²) in [6, 6.07) is 12.6. The Balaban J connectivity index is 1.40. The van der Waals surface area contributed by atoms with Crippen LogP contribution in [0.15, 0.2) is 52.6 Å². The van der Waals surface area contributed by atoms with Gasteiger partial charge >= 0.3 is 5.97 Å². The van der Waals surface area contributed by atoms with Crippen LogP contribution in [0.3, 0.4) is 0 Å². The van der Waals surface area contributed by atoms with Gasteiger partial charge in [-0.2, -0.15) is 5.10 Å². The van der Waals surface area contributed by atoms with Gasteiger partial charge in [0.1, 0.15) is 5.58 Å². The number of ether oxygens (including phenoxy) is 3. The molecule has 0 saturated carbocycles. The van der Waals surface area contributed by atoms with Crippen LogP contribution in [0.4, 0.5) is 0 Å². The molecule has 202 valence electrons. The highest BCUT2D eigenvalue weighted by Gasteiger charge is 2.28. The predicted molar refractivity (Wildman–Crippen MR) is 149 cm³/mol. The molecule has 3 aliphatic rings. The highest BCUT2D eigenvalue weighted by atomic mass is 16.5. The zero-order valence-corrected chi connectivity index (χ0v) is 22.4. The van der Waals surface area contributed by atoms with E-state index in [9.17, 15) is 4.79 Å². The molecule has 1 unspecified atom stereocenters. The summed E-state index contributed by atoms with van der Waals surface area (Å²) < 4.78 is 24.8. The molecule has 0 spiro atoms. The van der Waals surface area contributed by atoms with Crippen molar-refractivity contribution in [1.29, 1.82) is 0 Å². The Morgan fingerprint density at radius 2 is 1.90 bits per heavy atom. The van der Waals surface area contributed by atoms with Crippen LogP contribution in [0, 0.1) is 5.92 Å². The van der Waals surface area contributed by atoms with E-state index in [1.165, 1.54) is 41.2 Å². The van der Waals surface area contributed by atoms with E-state index in [-0.39, 0.29) is 12.0 Å². The topological polar surface area (TPSA) is 75.7 Å². The molecule has 1 atom stereocenters. The molecular weight excluding hydrogens is 492 g/mol. The minimum Gasteiger partial charge on any atom is -0.463 e. The third-order valence-corrected chi connectivity index (χ3v) is 8.69. The van der Waals surface area contributed by atoms with Gasteiger partial charge in [-0.25, -0.2) is 9.48 Å². The second-order valence-electron chi connectivity index (χ2n) is 10.9. The maximum Gasteiger partial charge on any atom is 0.373 e. The van der Waals surface area contributed by atoms with Gasteiger partial charge < -0.3 is 18.6 Å². The molecule has 7 nitrogen and oxygen atoms in total. The van der Waals surface area contributed by atoms with E-state index < -0.39 is 5.97 Å². The van der Waals surface area contributed by atoms with Crippen LogP contribution in [0.1, 0.15) is 78.4 Å². The van der Waals surface area contributed by atoms with Crippen LogP contribution in [0.25, 0.3) is 27.4 Å². The van der Waals surface area contributed by atoms with Crippen LogP contribution in [-0.2, 0) is 20.6 Å². The lowest BCUT2D eigenvalue weighted by molar-refractivity contribution is -0.0366. The first-order valence-electron chi connectivity index (χ1n) is 14.3. The fraction of sp³-hybridized carbons (Fsp3) is 0.438. The SMILES string of the molecule is COC(=O)c1cc2ccc(C3=C(C4CCOCC4)CCCc4c3ccc3c4cnn3C3CCCCO3)cc2o1. The predicted octanol–water partition coefficient (Wildman–Crippen LogP) is 6.83. The normalized spacial score (nSPS) is 20.8. The van der Waals surface area contributed by atoms with Crippen LogP contribution in [-0.4, -0.2) is 42.7 Å². The highest BCUT2D eigenvalue weighted by molar-refractivity contribution is 5.97. The first-order valence-corrected chi connectivity index (χ1v) is 14.3. The van der Waals surface area contributed by atoms with Gasteiger partial charge in [0.15, 0.2) is 6.23 Å². The second-order valence-corrected chi connectivity index (χ2v) is 10.9. The molecule has 0 radical (unpaired) electrons. The lowest BCUT2D eigenvalue weighted by Crippen LogP contribution is -2.19. The van der Waals surface area contributed by atoms with E-state index in [1.807, 2.05) is 6.20 Å². The number of allylic oxidation sites excluding steroid dienone is 1. The molecule has 39 heavy (non-hydrogen) atoms. The molecule has 0 N–H and O–H groups in total. The number of rotatable bonds is 4. The van der Waals surface area contributed by atoms with E-state index in [2.05, 4.69) is 35.0 Å². The number of nitrogens with zero attached hydrogens (tertiary/aromatic N) is 2. The number of esters is 1. The average molecular weight is 527 g/mol. The number of carbonyl (C=O) groups excluding carboxylic acids is 1. The molecule has 4 heterocycles. The van der Waals surface area contributed by atoms with Gasteiger partial charge in [0, 0.05) is 30.6 Å². The maximum absolute atomic E-state index is 12.1. The number of aryl methyl sites for hydroxylation is 1. The van der Waals surface area contributed by atoms with Gasteiger partial charge in [-0.3, -0.25) is 0 Å². The number of carbonyl (C=O) groups is 1. The summed E-state index contributed by atoms with van der Waals surface area (Å²) in [5, 5.41) is 6.95. The zero-order valence-electron chi connectivity index (χ0n) is 22.4. The number of hydrogen-bond acceptors (Lipinski definition) is 6. The molecule has 2 aromatic carbocycles. The number of methoxy groups -OCH3 is 1. The molecule has 1 aliphatic carbocycles. The molecule has 2 fully saturated rings. The Bertz CT molecular complexity index is 1570. The quantitative estimate of drug-likeness (QED) is 0.271. The number of aromatic nitrogens is 2. The lowest BCUT2D eigenvalue weighted by atomic mass is 9.81. The van der Waals surface area contributed by atoms with Gasteiger partial charge in [0.25, 0.3) is 0 Å². The molecule has 2 aliphatic heterocycles. The number of benzene rings is 2. The van der Waals surface area contributed by atoms with Gasteiger partial charge in [-0.15, -0.1) is 0 Å². The summed E-state index contributed by atoms with van der Waals surface area (Å²) in [5.74, 6) is 0.256. The second kappa shape index (κ2) is 10.3. The summed E-state index contributed by atoms with van der Waals surface area (Å²) in [6.45, 7) is 2.41. The van der Waals surface area contributed by atoms with E-state index in [1.54, 1.807) is 6.07 Å². The van der Waals surface area contributed by atoms with Crippen LogP contribution in [0.5, 0.6) is 0 Å². The Labute approximate surface area is 227 Å². The molecule has 0 bridgehead atoms. The van der Waals surface area contributed by atoms with Crippen molar-refractivity contribution >= 4 is 33.4 Å². The Morgan fingerprint density at radius 1 is 1.00 bits per heavy atom. The van der Waals surface area contributed by atoms with Crippen molar-refractivity contribution in [2.45, 2.75) is 57.6 Å². The van der Waals surface area contributed by atoms with Crippen molar-refractivity contribution < 1.29 is 23.4 Å². The number of furan rings is 1. The van der Waals surface area contributed by atoms with E-state index in [4.69, 9.17) is 23.7 Å². The lowest BCUT2D eigenvalue weighted by Gasteiger charge is -2.27. The van der Waals surface area contributed by atoms with Gasteiger partial charge in [0.2, 0.25) is 5.76 Å². The van der Waals surface area contributed by atoms with Crippen molar-refractivity contribution in [3.63, 3.8) is 0 Å². The molecule has 7 heteroatoms. The summed E-state index contributed by atoms with van der Waals surface area (Å²) in [6.07, 6.45) is 10.6. The summed E-state index contributed by atoms with van der Waals surface area (Å²) >= 11 is 0. The smallest absolute Gasteiger partial charge is 0.373 e. The number of fused-ring (bicyclic) bond motifs is 4. The van der Waals surface area contributed by atoms with Gasteiger partial charge in [-0.1, -0.05) is 23.8 Å². The fourth-order valence-electron chi connectivity index (χ4n) is 6.76. The monoisotopic (exact) mass is 526 g/mol. The van der Waals surface area contributed by atoms with Crippen molar-refractivity contribution in [3.05, 3.63) is 70.6 Å². The van der Waals surface area contributed by atoms with Crippen LogP contribution in [0.2, 0.25) is 0 Å². The van der Waals surface area contributed by atoms with Crippen LogP contribution >= 0.6 is 0 Å². The summed E-state index contributed by atoms with van der Waals surface area (Å²) in [4.78, 5) is 12.1. The third-order valence-electron chi connectivity index (χ3n) is 8.69. The number of hydrogen-bond donors (Lipinski definition) is 0. The summed E-state index contributed by atoms with van der Waals surface area (Å²) in [5.41, 5.74) is 8.43. The zero-order chi connectivity index (χ0) is 26.3. The molecule has 2 saturated heterocycles. The molecule has 2 aromatic heterocycles. The minimum absolute atomic E-state index is 0.0123. The molecule has 7 rings (SSSR count). The fourth-order valence-corrected chi connectivity index (χ4v) is 6.76. The largest absolute Gasteiger partial charge is 0.463 e. The minimum atomic E-state index is -0.462.